The molecule has 0 bridgehead atoms. The third-order valence-electron chi connectivity index (χ3n) is 0.560. The minimum atomic E-state index is 0.538. The summed E-state index contributed by atoms with van der Waals surface area (Å²) in [7, 11) is 0. The van der Waals surface area contributed by atoms with Crippen LogP contribution < -0.4 is 0 Å². The lowest BCUT2D eigenvalue weighted by Crippen LogP contribution is -1.74. The molecule has 0 aromatic heterocycles. The predicted octanol–water partition coefficient (Wildman–Crippen LogP) is 1.92. The Hall–Kier alpha value is -1.07. The zero-order chi connectivity index (χ0) is 6.41. The van der Waals surface area contributed by atoms with Crippen LogP contribution in [0, 0.1) is 5.41 Å². The van der Waals surface area contributed by atoms with Crippen LogP contribution in [0.5, 0.6) is 0 Å². The first-order valence-electron chi connectivity index (χ1n) is 2.35. The maximum Gasteiger partial charge on any atom is 0.0283 e. The fourth-order valence-corrected chi connectivity index (χ4v) is 0.260. The molecule has 0 aliphatic heterocycles. The second-order valence-corrected chi connectivity index (χ2v) is 1.41. The molecule has 0 radical (unpaired) electrons. The van der Waals surface area contributed by atoms with Crippen molar-refractivity contribution in [2.45, 2.75) is 6.92 Å². The van der Waals surface area contributed by atoms with Crippen LogP contribution in [0.2, 0.25) is 0 Å². The standard InChI is InChI=1S/C7H9N/c1-3-4-5-6-7(2)8/h4-6,8H,1H2,2H3/b6-5-,8-7?. The fraction of sp³-hybridized carbons (Fsp3) is 0.143. The Balaban J connectivity index is 3.67. The molecule has 1 N–H and O–H groups in total. The van der Waals surface area contributed by atoms with Crippen LogP contribution in [0.1, 0.15) is 6.92 Å². The zero-order valence-corrected chi connectivity index (χ0v) is 4.94. The third kappa shape index (κ3) is 4.93. The Kier molecular flexibility index (Phi) is 3.55. The number of hydrogen-bond donors (Lipinski definition) is 1. The summed E-state index contributed by atoms with van der Waals surface area (Å²) in [4.78, 5) is 0. The summed E-state index contributed by atoms with van der Waals surface area (Å²) in [5.74, 6) is 0. The van der Waals surface area contributed by atoms with Crippen molar-refractivity contribution in [3.63, 3.8) is 0 Å². The molecule has 1 nitrogen and oxygen atoms in total. The number of rotatable bonds is 2. The van der Waals surface area contributed by atoms with Crippen LogP contribution in [0.15, 0.2) is 30.5 Å². The van der Waals surface area contributed by atoms with Crippen LogP contribution in [0.4, 0.5) is 0 Å². The molecule has 0 unspecified atom stereocenters. The van der Waals surface area contributed by atoms with Crippen molar-refractivity contribution < 1.29 is 0 Å². The maximum atomic E-state index is 6.92. The van der Waals surface area contributed by atoms with Crippen LogP contribution in [-0.4, -0.2) is 5.71 Å². The van der Waals surface area contributed by atoms with Gasteiger partial charge in [0.05, 0.1) is 0 Å². The average Bonchev–Trinajstić information content (AvgIpc) is 1.66. The normalized spacial score (nSPS) is 8.62. The summed E-state index contributed by atoms with van der Waals surface area (Å²) in [6, 6.07) is 0. The molecular weight excluding hydrogens is 98.1 g/mol. The largest absolute Gasteiger partial charge is 0.306 e. The molecule has 0 fully saturated rings. The van der Waals surface area contributed by atoms with E-state index in [0.29, 0.717) is 5.71 Å². The van der Waals surface area contributed by atoms with E-state index >= 15 is 0 Å². The zero-order valence-electron chi connectivity index (χ0n) is 4.94. The maximum absolute atomic E-state index is 6.92. The topological polar surface area (TPSA) is 23.9 Å². The van der Waals surface area contributed by atoms with E-state index in [4.69, 9.17) is 5.41 Å². The number of hydrogen-bond acceptors (Lipinski definition) is 1. The molecule has 0 aliphatic carbocycles. The van der Waals surface area contributed by atoms with Gasteiger partial charge in [0.2, 0.25) is 0 Å². The molecule has 0 saturated carbocycles. The highest BCUT2D eigenvalue weighted by Gasteiger charge is 1.68. The summed E-state index contributed by atoms with van der Waals surface area (Å²) >= 11 is 0. The van der Waals surface area contributed by atoms with E-state index in [2.05, 4.69) is 12.3 Å². The monoisotopic (exact) mass is 107 g/mol. The Morgan fingerprint density at radius 3 is 2.75 bits per heavy atom. The fourth-order valence-electron chi connectivity index (χ4n) is 0.260. The van der Waals surface area contributed by atoms with Gasteiger partial charge in [-0.15, -0.1) is 5.73 Å². The summed E-state index contributed by atoms with van der Waals surface area (Å²) in [5, 5.41) is 6.92. The van der Waals surface area contributed by atoms with Crippen molar-refractivity contribution in [1.29, 1.82) is 5.41 Å². The van der Waals surface area contributed by atoms with Gasteiger partial charge in [-0.05, 0) is 19.1 Å². The van der Waals surface area contributed by atoms with Crippen molar-refractivity contribution in [3.8, 4) is 0 Å². The van der Waals surface area contributed by atoms with E-state index < -0.39 is 0 Å². The highest BCUT2D eigenvalue weighted by atomic mass is 14.4. The second-order valence-electron chi connectivity index (χ2n) is 1.41. The van der Waals surface area contributed by atoms with Crippen LogP contribution >= 0.6 is 0 Å². The molecule has 0 spiro atoms. The molecule has 0 heterocycles. The Morgan fingerprint density at radius 1 is 1.75 bits per heavy atom. The first-order valence-corrected chi connectivity index (χ1v) is 2.35. The van der Waals surface area contributed by atoms with Crippen molar-refractivity contribution in [2.75, 3.05) is 0 Å². The molecule has 0 saturated heterocycles. The SMILES string of the molecule is C=C=C/C=C\C(C)=N. The molecule has 0 rings (SSSR count). The molecular formula is C7H9N. The smallest absolute Gasteiger partial charge is 0.0283 e. The lowest BCUT2D eigenvalue weighted by atomic mass is 10.4. The minimum absolute atomic E-state index is 0.538. The molecule has 0 aromatic rings. The van der Waals surface area contributed by atoms with E-state index in [9.17, 15) is 0 Å². The third-order valence-corrected chi connectivity index (χ3v) is 0.560. The quantitative estimate of drug-likeness (QED) is 0.316. The van der Waals surface area contributed by atoms with Crippen LogP contribution in [0.3, 0.4) is 0 Å². The molecule has 0 atom stereocenters. The van der Waals surface area contributed by atoms with E-state index in [1.165, 1.54) is 0 Å². The van der Waals surface area contributed by atoms with Gasteiger partial charge >= 0.3 is 0 Å². The predicted molar refractivity (Wildman–Crippen MR) is 36.3 cm³/mol. The number of allylic oxidation sites excluding steroid dienone is 3. The van der Waals surface area contributed by atoms with Crippen molar-refractivity contribution in [1.82, 2.24) is 0 Å². The van der Waals surface area contributed by atoms with Gasteiger partial charge in [0, 0.05) is 5.71 Å². The van der Waals surface area contributed by atoms with Crippen molar-refractivity contribution >= 4 is 5.71 Å². The van der Waals surface area contributed by atoms with Gasteiger partial charge < -0.3 is 5.41 Å². The van der Waals surface area contributed by atoms with Crippen LogP contribution in [0.25, 0.3) is 0 Å². The van der Waals surface area contributed by atoms with Gasteiger partial charge in [-0.2, -0.15) is 0 Å². The first kappa shape index (κ1) is 6.93. The summed E-state index contributed by atoms with van der Waals surface area (Å²) < 4.78 is 0. The number of nitrogens with one attached hydrogen (secondary N) is 1. The molecule has 0 aliphatic rings. The van der Waals surface area contributed by atoms with E-state index in [1.54, 1.807) is 25.2 Å². The van der Waals surface area contributed by atoms with Gasteiger partial charge in [0.1, 0.15) is 0 Å². The highest BCUT2D eigenvalue weighted by Crippen LogP contribution is 1.74. The minimum Gasteiger partial charge on any atom is -0.306 e. The van der Waals surface area contributed by atoms with E-state index in [-0.39, 0.29) is 0 Å². The summed E-state index contributed by atoms with van der Waals surface area (Å²) in [6.45, 7) is 5.07. The molecule has 8 heavy (non-hydrogen) atoms. The lowest BCUT2D eigenvalue weighted by Gasteiger charge is -1.75. The average molecular weight is 107 g/mol. The van der Waals surface area contributed by atoms with Gasteiger partial charge in [-0.3, -0.25) is 0 Å². The molecule has 1 heteroatoms. The first-order chi connectivity index (χ1) is 3.77. The Morgan fingerprint density at radius 2 is 2.38 bits per heavy atom. The van der Waals surface area contributed by atoms with E-state index in [0.717, 1.165) is 0 Å². The molecule has 0 aromatic carbocycles. The second kappa shape index (κ2) is 4.10. The Labute approximate surface area is 49.5 Å². The molecule has 0 amide bonds. The van der Waals surface area contributed by atoms with E-state index in [1.807, 2.05) is 0 Å². The van der Waals surface area contributed by atoms with Gasteiger partial charge in [-0.25, -0.2) is 0 Å². The molecule has 42 valence electrons. The lowest BCUT2D eigenvalue weighted by molar-refractivity contribution is 1.50. The van der Waals surface area contributed by atoms with Gasteiger partial charge in [-0.1, -0.05) is 12.7 Å². The summed E-state index contributed by atoms with van der Waals surface area (Å²) in [5.41, 5.74) is 3.10. The van der Waals surface area contributed by atoms with Gasteiger partial charge in [0.25, 0.3) is 0 Å². The summed E-state index contributed by atoms with van der Waals surface area (Å²) in [6.07, 6.45) is 5.07. The highest BCUT2D eigenvalue weighted by molar-refractivity contribution is 5.90. The van der Waals surface area contributed by atoms with Crippen LogP contribution in [-0.2, 0) is 0 Å². The van der Waals surface area contributed by atoms with Crippen molar-refractivity contribution in [3.05, 3.63) is 30.5 Å². The van der Waals surface area contributed by atoms with Crippen molar-refractivity contribution in [2.24, 2.45) is 0 Å². The Bertz CT molecular complexity index is 144. The van der Waals surface area contributed by atoms with Gasteiger partial charge in [0.15, 0.2) is 0 Å².